The van der Waals surface area contributed by atoms with E-state index in [1.54, 1.807) is 0 Å². The van der Waals surface area contributed by atoms with Crippen molar-refractivity contribution >= 4 is 11.6 Å². The van der Waals surface area contributed by atoms with Crippen LogP contribution in [-0.4, -0.2) is 60.2 Å². The normalized spacial score (nSPS) is 28.9. The topological polar surface area (TPSA) is 45.1 Å². The van der Waals surface area contributed by atoms with Crippen molar-refractivity contribution in [3.63, 3.8) is 0 Å². The highest BCUT2D eigenvalue weighted by Crippen LogP contribution is 2.18. The summed E-state index contributed by atoms with van der Waals surface area (Å²) in [5.74, 6) is 0.270. The molecule has 0 bridgehead atoms. The fourth-order valence-electron chi connectivity index (χ4n) is 3.02. The van der Waals surface area contributed by atoms with E-state index < -0.39 is 0 Å². The van der Waals surface area contributed by atoms with E-state index in [1.165, 1.54) is 25.9 Å². The van der Waals surface area contributed by atoms with Gasteiger partial charge < -0.3 is 9.74 Å². The number of oxime groups is 1. The second kappa shape index (κ2) is 5.26. The summed E-state index contributed by atoms with van der Waals surface area (Å²) in [4.78, 5) is 21.4. The van der Waals surface area contributed by atoms with E-state index in [0.717, 1.165) is 31.6 Å². The molecule has 0 aliphatic carbocycles. The Morgan fingerprint density at radius 1 is 1.22 bits per heavy atom. The highest BCUT2D eigenvalue weighted by Gasteiger charge is 2.29. The SMILES string of the molecule is O=C1CCCN1CC1CC(CN2CCCC2)=NO1. The number of nitrogens with zero attached hydrogens (tertiary/aromatic N) is 3. The quantitative estimate of drug-likeness (QED) is 0.744. The standard InChI is InChI=1S/C13H21N3O2/c17-13-4-3-7-16(13)10-12-8-11(14-18-12)9-15-5-1-2-6-15/h12H,1-10H2. The molecule has 2 fully saturated rings. The van der Waals surface area contributed by atoms with Crippen molar-refractivity contribution in [1.82, 2.24) is 9.80 Å². The molecule has 3 heterocycles. The average Bonchev–Trinajstić information content (AvgIpc) is 3.06. The van der Waals surface area contributed by atoms with Crippen molar-refractivity contribution in [3.05, 3.63) is 0 Å². The van der Waals surface area contributed by atoms with Crippen molar-refractivity contribution < 1.29 is 9.63 Å². The van der Waals surface area contributed by atoms with Gasteiger partial charge in [0, 0.05) is 25.9 Å². The maximum absolute atomic E-state index is 11.5. The van der Waals surface area contributed by atoms with Gasteiger partial charge in [-0.2, -0.15) is 0 Å². The molecular formula is C13H21N3O2. The molecule has 3 rings (SSSR count). The molecule has 18 heavy (non-hydrogen) atoms. The minimum absolute atomic E-state index is 0.0876. The lowest BCUT2D eigenvalue weighted by molar-refractivity contribution is -0.129. The van der Waals surface area contributed by atoms with Gasteiger partial charge in [-0.15, -0.1) is 0 Å². The summed E-state index contributed by atoms with van der Waals surface area (Å²) in [7, 11) is 0. The van der Waals surface area contributed by atoms with Gasteiger partial charge in [0.1, 0.15) is 6.10 Å². The number of hydrogen-bond donors (Lipinski definition) is 0. The van der Waals surface area contributed by atoms with Crippen LogP contribution in [0.3, 0.4) is 0 Å². The molecule has 0 aromatic heterocycles. The van der Waals surface area contributed by atoms with Crippen LogP contribution in [0, 0.1) is 0 Å². The highest BCUT2D eigenvalue weighted by molar-refractivity contribution is 5.87. The second-order valence-corrected chi connectivity index (χ2v) is 5.52. The third-order valence-corrected chi connectivity index (χ3v) is 3.99. The molecular weight excluding hydrogens is 230 g/mol. The predicted molar refractivity (Wildman–Crippen MR) is 68.4 cm³/mol. The maximum atomic E-state index is 11.5. The van der Waals surface area contributed by atoms with Crippen LogP contribution in [0.1, 0.15) is 32.1 Å². The molecule has 100 valence electrons. The van der Waals surface area contributed by atoms with E-state index in [-0.39, 0.29) is 12.0 Å². The first-order valence-corrected chi connectivity index (χ1v) is 7.03. The van der Waals surface area contributed by atoms with Gasteiger partial charge in [-0.1, -0.05) is 5.16 Å². The molecule has 5 heteroatoms. The zero-order valence-electron chi connectivity index (χ0n) is 10.8. The minimum Gasteiger partial charge on any atom is -0.390 e. The van der Waals surface area contributed by atoms with Crippen molar-refractivity contribution in [3.8, 4) is 0 Å². The zero-order chi connectivity index (χ0) is 12.4. The minimum atomic E-state index is 0.0876. The van der Waals surface area contributed by atoms with E-state index in [0.29, 0.717) is 13.0 Å². The molecule has 0 radical (unpaired) electrons. The summed E-state index contributed by atoms with van der Waals surface area (Å²) < 4.78 is 0. The molecule has 1 amide bonds. The first-order chi connectivity index (χ1) is 8.81. The monoisotopic (exact) mass is 251 g/mol. The van der Waals surface area contributed by atoms with Crippen LogP contribution in [0.4, 0.5) is 0 Å². The van der Waals surface area contributed by atoms with Crippen molar-refractivity contribution in [2.75, 3.05) is 32.7 Å². The van der Waals surface area contributed by atoms with E-state index in [9.17, 15) is 4.79 Å². The van der Waals surface area contributed by atoms with E-state index in [4.69, 9.17) is 4.84 Å². The molecule has 3 aliphatic heterocycles. The molecule has 5 nitrogen and oxygen atoms in total. The van der Waals surface area contributed by atoms with Gasteiger partial charge >= 0.3 is 0 Å². The number of hydrogen-bond acceptors (Lipinski definition) is 4. The summed E-state index contributed by atoms with van der Waals surface area (Å²) in [5.41, 5.74) is 1.15. The Kier molecular flexibility index (Phi) is 3.50. The third kappa shape index (κ3) is 2.66. The fourth-order valence-corrected chi connectivity index (χ4v) is 3.02. The van der Waals surface area contributed by atoms with Gasteiger partial charge in [0.2, 0.25) is 5.91 Å². The first kappa shape index (κ1) is 12.0. The largest absolute Gasteiger partial charge is 0.390 e. The lowest BCUT2D eigenvalue weighted by atomic mass is 10.1. The van der Waals surface area contributed by atoms with Crippen molar-refractivity contribution in [1.29, 1.82) is 0 Å². The molecule has 3 aliphatic rings. The van der Waals surface area contributed by atoms with Crippen LogP contribution >= 0.6 is 0 Å². The van der Waals surface area contributed by atoms with E-state index in [1.807, 2.05) is 4.90 Å². The molecule has 0 aromatic rings. The molecule has 1 unspecified atom stereocenters. The molecule has 0 aromatic carbocycles. The Hall–Kier alpha value is -1.10. The molecule has 1 atom stereocenters. The Labute approximate surface area is 108 Å². The molecule has 2 saturated heterocycles. The Morgan fingerprint density at radius 2 is 2.06 bits per heavy atom. The summed E-state index contributed by atoms with van der Waals surface area (Å²) in [6.07, 6.45) is 5.28. The summed E-state index contributed by atoms with van der Waals surface area (Å²) >= 11 is 0. The molecule has 0 saturated carbocycles. The van der Waals surface area contributed by atoms with Gasteiger partial charge in [-0.25, -0.2) is 0 Å². The Bertz CT molecular complexity index is 350. The van der Waals surface area contributed by atoms with Crippen LogP contribution in [-0.2, 0) is 9.63 Å². The number of carbonyl (C=O) groups is 1. The summed E-state index contributed by atoms with van der Waals surface area (Å²) in [5, 5.41) is 4.18. The number of amides is 1. The first-order valence-electron chi connectivity index (χ1n) is 7.03. The highest BCUT2D eigenvalue weighted by atomic mass is 16.6. The maximum Gasteiger partial charge on any atom is 0.222 e. The Balaban J connectivity index is 1.43. The van der Waals surface area contributed by atoms with Gasteiger partial charge in [0.05, 0.1) is 12.3 Å². The average molecular weight is 251 g/mol. The summed E-state index contributed by atoms with van der Waals surface area (Å²) in [6, 6.07) is 0. The zero-order valence-corrected chi connectivity index (χ0v) is 10.8. The summed E-state index contributed by atoms with van der Waals surface area (Å²) in [6.45, 7) is 4.93. The fraction of sp³-hybridized carbons (Fsp3) is 0.846. The van der Waals surface area contributed by atoms with Crippen molar-refractivity contribution in [2.45, 2.75) is 38.2 Å². The number of likely N-dealkylation sites (tertiary alicyclic amines) is 2. The second-order valence-electron chi connectivity index (χ2n) is 5.52. The lowest BCUT2D eigenvalue weighted by Gasteiger charge is -2.18. The van der Waals surface area contributed by atoms with Crippen LogP contribution in [0.5, 0.6) is 0 Å². The van der Waals surface area contributed by atoms with Crippen LogP contribution in [0.15, 0.2) is 5.16 Å². The van der Waals surface area contributed by atoms with Gasteiger partial charge in [0.15, 0.2) is 0 Å². The van der Waals surface area contributed by atoms with Crippen molar-refractivity contribution in [2.24, 2.45) is 5.16 Å². The lowest BCUT2D eigenvalue weighted by Crippen LogP contribution is -2.34. The van der Waals surface area contributed by atoms with E-state index >= 15 is 0 Å². The van der Waals surface area contributed by atoms with Crippen LogP contribution in [0.2, 0.25) is 0 Å². The molecule has 0 spiro atoms. The number of carbonyl (C=O) groups excluding carboxylic acids is 1. The van der Waals surface area contributed by atoms with E-state index in [2.05, 4.69) is 10.1 Å². The van der Waals surface area contributed by atoms with Crippen LogP contribution < -0.4 is 0 Å². The third-order valence-electron chi connectivity index (χ3n) is 3.99. The van der Waals surface area contributed by atoms with Gasteiger partial charge in [-0.3, -0.25) is 9.69 Å². The van der Waals surface area contributed by atoms with Crippen LogP contribution in [0.25, 0.3) is 0 Å². The Morgan fingerprint density at radius 3 is 2.78 bits per heavy atom. The smallest absolute Gasteiger partial charge is 0.222 e. The van der Waals surface area contributed by atoms with Gasteiger partial charge in [0.25, 0.3) is 0 Å². The van der Waals surface area contributed by atoms with Gasteiger partial charge in [-0.05, 0) is 32.4 Å². The molecule has 0 N–H and O–H groups in total. The number of rotatable bonds is 4. The predicted octanol–water partition coefficient (Wildman–Crippen LogP) is 0.849.